The van der Waals surface area contributed by atoms with Gasteiger partial charge < -0.3 is 14.8 Å². The maximum Gasteiger partial charge on any atom is 0.264 e. The van der Waals surface area contributed by atoms with Gasteiger partial charge >= 0.3 is 0 Å². The highest BCUT2D eigenvalue weighted by molar-refractivity contribution is 7.92. The minimum Gasteiger partial charge on any atom is -0.493 e. The number of unbranched alkanes of at least 4 members (excludes halogenated alkanes) is 1. The van der Waals surface area contributed by atoms with Gasteiger partial charge in [0.2, 0.25) is 5.91 Å². The number of carbonyl (C=O) groups excluding carboxylic acids is 1. The lowest BCUT2D eigenvalue weighted by Gasteiger charge is -2.25. The first-order valence-corrected chi connectivity index (χ1v) is 12.4. The third kappa shape index (κ3) is 6.63. The number of methoxy groups -OCH3 is 2. The number of nitrogens with one attached hydrogen (secondary N) is 1. The van der Waals surface area contributed by atoms with Crippen molar-refractivity contribution in [1.29, 1.82) is 0 Å². The van der Waals surface area contributed by atoms with Crippen LogP contribution in [0.3, 0.4) is 0 Å². The largest absolute Gasteiger partial charge is 0.493 e. The molecule has 0 heterocycles. The average molecular weight is 463 g/mol. The monoisotopic (exact) mass is 462 g/mol. The molecule has 2 aromatic carbocycles. The molecular formula is C24H34N2O5S. The summed E-state index contributed by atoms with van der Waals surface area (Å²) in [6.45, 7) is 4.46. The molecule has 8 heteroatoms. The predicted molar refractivity (Wildman–Crippen MR) is 127 cm³/mol. The number of nitrogens with zero attached hydrogens (tertiary/aromatic N) is 1. The maximum atomic E-state index is 13.5. The Morgan fingerprint density at radius 2 is 1.72 bits per heavy atom. The molecule has 176 valence electrons. The van der Waals surface area contributed by atoms with Crippen molar-refractivity contribution in [3.8, 4) is 11.5 Å². The molecule has 7 nitrogen and oxygen atoms in total. The summed E-state index contributed by atoms with van der Waals surface area (Å²) in [5, 5.41) is 2.92. The molecule has 0 saturated carbocycles. The van der Waals surface area contributed by atoms with Gasteiger partial charge in [0.25, 0.3) is 10.0 Å². The molecule has 0 fully saturated rings. The molecule has 0 saturated heterocycles. The Bertz CT molecular complexity index is 964. The zero-order valence-corrected chi connectivity index (χ0v) is 20.2. The number of amides is 1. The molecule has 0 aromatic heterocycles. The van der Waals surface area contributed by atoms with Crippen molar-refractivity contribution in [1.82, 2.24) is 5.32 Å². The molecule has 1 atom stereocenters. The molecule has 0 aliphatic rings. The van der Waals surface area contributed by atoms with E-state index in [9.17, 15) is 13.2 Å². The molecule has 32 heavy (non-hydrogen) atoms. The number of benzene rings is 2. The number of para-hydroxylation sites is 1. The van der Waals surface area contributed by atoms with Gasteiger partial charge in [0.15, 0.2) is 11.5 Å². The number of hydrogen-bond acceptors (Lipinski definition) is 5. The average Bonchev–Trinajstić information content (AvgIpc) is 2.82. The van der Waals surface area contributed by atoms with Crippen molar-refractivity contribution in [3.05, 3.63) is 48.5 Å². The van der Waals surface area contributed by atoms with Crippen LogP contribution in [0.5, 0.6) is 11.5 Å². The van der Waals surface area contributed by atoms with Crippen LogP contribution in [-0.4, -0.2) is 41.6 Å². The number of carbonyl (C=O) groups is 1. The molecule has 2 aromatic rings. The fourth-order valence-corrected chi connectivity index (χ4v) is 4.84. The Morgan fingerprint density at radius 1 is 1.03 bits per heavy atom. The Labute approximate surface area is 191 Å². The number of hydrogen-bond donors (Lipinski definition) is 1. The summed E-state index contributed by atoms with van der Waals surface area (Å²) in [7, 11) is -1.10. The van der Waals surface area contributed by atoms with Gasteiger partial charge in [-0.2, -0.15) is 0 Å². The quantitative estimate of drug-likeness (QED) is 0.481. The molecule has 0 bridgehead atoms. The van der Waals surface area contributed by atoms with Gasteiger partial charge in [0, 0.05) is 12.6 Å². The smallest absolute Gasteiger partial charge is 0.264 e. The molecule has 1 N–H and O–H groups in total. The van der Waals surface area contributed by atoms with E-state index in [1.165, 1.54) is 32.4 Å². The van der Waals surface area contributed by atoms with E-state index in [4.69, 9.17) is 9.47 Å². The van der Waals surface area contributed by atoms with E-state index in [1.807, 2.05) is 0 Å². The zero-order valence-electron chi connectivity index (χ0n) is 19.3. The van der Waals surface area contributed by atoms with E-state index < -0.39 is 10.0 Å². The molecule has 2 rings (SSSR count). The van der Waals surface area contributed by atoms with Gasteiger partial charge in [-0.1, -0.05) is 51.3 Å². The summed E-state index contributed by atoms with van der Waals surface area (Å²) in [5.74, 6) is 0.764. The maximum absolute atomic E-state index is 13.5. The molecule has 1 amide bonds. The van der Waals surface area contributed by atoms with Crippen LogP contribution in [0.2, 0.25) is 0 Å². The van der Waals surface area contributed by atoms with Crippen LogP contribution < -0.4 is 19.1 Å². The Balaban J connectivity index is 2.29. The van der Waals surface area contributed by atoms with Crippen molar-refractivity contribution >= 4 is 21.6 Å². The normalized spacial score (nSPS) is 12.1. The number of anilines is 1. The number of rotatable bonds is 13. The van der Waals surface area contributed by atoms with Crippen molar-refractivity contribution in [2.24, 2.45) is 5.92 Å². The summed E-state index contributed by atoms with van der Waals surface area (Å²) in [4.78, 5) is 12.8. The first-order chi connectivity index (χ1) is 15.4. The summed E-state index contributed by atoms with van der Waals surface area (Å²) >= 11 is 0. The minimum atomic E-state index is -4.03. The van der Waals surface area contributed by atoms with Crippen molar-refractivity contribution < 1.29 is 22.7 Å². The van der Waals surface area contributed by atoms with E-state index in [1.54, 1.807) is 30.3 Å². The summed E-state index contributed by atoms with van der Waals surface area (Å²) in [5.41, 5.74) is 0.412. The van der Waals surface area contributed by atoms with E-state index in [0.717, 1.165) is 30.0 Å². The Morgan fingerprint density at radius 3 is 2.31 bits per heavy atom. The molecule has 0 aliphatic heterocycles. The van der Waals surface area contributed by atoms with Crippen molar-refractivity contribution in [2.45, 2.75) is 44.4 Å². The van der Waals surface area contributed by atoms with Crippen LogP contribution in [0, 0.1) is 5.92 Å². The molecule has 0 aliphatic carbocycles. The third-order valence-corrected chi connectivity index (χ3v) is 7.18. The number of ether oxygens (including phenoxy) is 2. The van der Waals surface area contributed by atoms with E-state index in [0.29, 0.717) is 29.6 Å². The highest BCUT2D eigenvalue weighted by Crippen LogP contribution is 2.32. The van der Waals surface area contributed by atoms with Crippen LogP contribution in [-0.2, 0) is 14.8 Å². The Hall–Kier alpha value is -2.74. The van der Waals surface area contributed by atoms with Gasteiger partial charge in [0.1, 0.15) is 6.54 Å². The first kappa shape index (κ1) is 25.5. The van der Waals surface area contributed by atoms with Crippen LogP contribution >= 0.6 is 0 Å². The Kier molecular flexibility index (Phi) is 9.84. The highest BCUT2D eigenvalue weighted by Gasteiger charge is 2.28. The topological polar surface area (TPSA) is 84.9 Å². The summed E-state index contributed by atoms with van der Waals surface area (Å²) in [6, 6.07) is 13.0. The van der Waals surface area contributed by atoms with E-state index in [-0.39, 0.29) is 17.3 Å². The lowest BCUT2D eigenvalue weighted by Crippen LogP contribution is -2.42. The predicted octanol–water partition coefficient (Wildman–Crippen LogP) is 4.23. The first-order valence-electron chi connectivity index (χ1n) is 10.9. The summed E-state index contributed by atoms with van der Waals surface area (Å²) < 4.78 is 38.6. The minimum absolute atomic E-state index is 0.0150. The van der Waals surface area contributed by atoms with E-state index >= 15 is 0 Å². The molecular weight excluding hydrogens is 428 g/mol. The van der Waals surface area contributed by atoms with Crippen LogP contribution in [0.4, 0.5) is 5.69 Å². The van der Waals surface area contributed by atoms with Gasteiger partial charge in [0.05, 0.1) is 24.8 Å². The van der Waals surface area contributed by atoms with Crippen LogP contribution in [0.25, 0.3) is 0 Å². The van der Waals surface area contributed by atoms with Gasteiger partial charge in [-0.3, -0.25) is 9.10 Å². The molecule has 1 unspecified atom stereocenters. The SMILES string of the molecule is CCCCC(CC)CNC(=O)CN(c1ccccc1)S(=O)(=O)c1ccc(OC)c(OC)c1. The van der Waals surface area contributed by atoms with Crippen molar-refractivity contribution in [2.75, 3.05) is 31.6 Å². The number of sulfonamides is 1. The summed E-state index contributed by atoms with van der Waals surface area (Å²) in [6.07, 6.45) is 4.22. The second kappa shape index (κ2) is 12.3. The molecule has 0 radical (unpaired) electrons. The lowest BCUT2D eigenvalue weighted by atomic mass is 9.99. The second-order valence-corrected chi connectivity index (χ2v) is 9.45. The zero-order chi connectivity index (χ0) is 23.6. The van der Waals surface area contributed by atoms with Gasteiger partial charge in [-0.05, 0) is 36.6 Å². The molecule has 0 spiro atoms. The van der Waals surface area contributed by atoms with Crippen LogP contribution in [0.1, 0.15) is 39.5 Å². The second-order valence-electron chi connectivity index (χ2n) is 7.58. The fraction of sp³-hybridized carbons (Fsp3) is 0.458. The standard InChI is InChI=1S/C24H34N2O5S/c1-5-7-11-19(6-2)17-25-24(27)18-26(20-12-9-8-10-13-20)32(28,29)21-14-15-22(30-3)23(16-21)31-4/h8-10,12-16,19H,5-7,11,17-18H2,1-4H3,(H,25,27). The third-order valence-electron chi connectivity index (χ3n) is 5.41. The van der Waals surface area contributed by atoms with Crippen LogP contribution in [0.15, 0.2) is 53.4 Å². The lowest BCUT2D eigenvalue weighted by molar-refractivity contribution is -0.119. The fourth-order valence-electron chi connectivity index (χ4n) is 3.40. The highest BCUT2D eigenvalue weighted by atomic mass is 32.2. The van der Waals surface area contributed by atoms with E-state index in [2.05, 4.69) is 19.2 Å². The van der Waals surface area contributed by atoms with Gasteiger partial charge in [-0.15, -0.1) is 0 Å². The van der Waals surface area contributed by atoms with Crippen molar-refractivity contribution in [3.63, 3.8) is 0 Å². The van der Waals surface area contributed by atoms with Gasteiger partial charge in [-0.25, -0.2) is 8.42 Å².